The molecule has 162 valence electrons. The molecule has 0 spiro atoms. The van der Waals surface area contributed by atoms with Crippen molar-refractivity contribution in [2.45, 2.75) is 37.1 Å². The minimum Gasteiger partial charge on any atom is -0.401 e. The lowest BCUT2D eigenvalue weighted by Crippen LogP contribution is -2.31. The van der Waals surface area contributed by atoms with Crippen LogP contribution in [0.3, 0.4) is 0 Å². The van der Waals surface area contributed by atoms with E-state index in [1.165, 1.54) is 0 Å². The SMILES string of the molecule is CC(n1c(=O)n(-c2nnc(C(F)F)o2)c2cc(S(N)(=O)=O)c(F)cc21)C1(CF)CC1. The predicted molar refractivity (Wildman–Crippen MR) is 94.0 cm³/mol. The standard InChI is InChI=1S/C16H15F4N5O4S/c1-7(16(6-17)2-3-16)24-9-4-8(18)11(30(21,27)28)5-10(9)25(15(24)26)14-23-22-13(29-14)12(19)20/h4-5,7,12H,2-3,6H2,1H3,(H2,21,27,28). The van der Waals surface area contributed by atoms with Gasteiger partial charge in [0.2, 0.25) is 10.0 Å². The number of nitrogens with two attached hydrogens (primary N) is 1. The second-order valence-corrected chi connectivity index (χ2v) is 8.73. The summed E-state index contributed by atoms with van der Waals surface area (Å²) in [4.78, 5) is 12.2. The number of hydrogen-bond donors (Lipinski definition) is 1. The number of benzene rings is 1. The van der Waals surface area contributed by atoms with E-state index in [4.69, 9.17) is 9.56 Å². The van der Waals surface area contributed by atoms with Crippen molar-refractivity contribution in [2.75, 3.05) is 6.67 Å². The molecule has 0 saturated heterocycles. The molecule has 2 N–H and O–H groups in total. The maximum atomic E-state index is 14.5. The van der Waals surface area contributed by atoms with Crippen LogP contribution in [0.1, 0.15) is 38.1 Å². The van der Waals surface area contributed by atoms with Crippen molar-refractivity contribution < 1.29 is 30.4 Å². The van der Waals surface area contributed by atoms with Crippen LogP contribution in [0.2, 0.25) is 0 Å². The first-order valence-corrected chi connectivity index (χ1v) is 10.2. The van der Waals surface area contributed by atoms with Gasteiger partial charge in [-0.2, -0.15) is 8.78 Å². The van der Waals surface area contributed by atoms with Gasteiger partial charge in [-0.1, -0.05) is 5.10 Å². The molecule has 0 bridgehead atoms. The van der Waals surface area contributed by atoms with Gasteiger partial charge in [0.25, 0.3) is 5.89 Å². The summed E-state index contributed by atoms with van der Waals surface area (Å²) < 4.78 is 83.8. The van der Waals surface area contributed by atoms with E-state index in [-0.39, 0.29) is 11.0 Å². The zero-order valence-corrected chi connectivity index (χ0v) is 16.2. The molecule has 3 aromatic rings. The Bertz CT molecular complexity index is 1310. The third-order valence-electron chi connectivity index (χ3n) is 5.47. The van der Waals surface area contributed by atoms with Gasteiger partial charge in [0.15, 0.2) is 0 Å². The number of halogens is 4. The average molecular weight is 449 g/mol. The van der Waals surface area contributed by atoms with E-state index in [1.807, 2.05) is 0 Å². The molecular formula is C16H15F4N5O4S. The Morgan fingerprint density at radius 3 is 2.43 bits per heavy atom. The maximum Gasteiger partial charge on any atom is 0.337 e. The Morgan fingerprint density at radius 2 is 1.93 bits per heavy atom. The highest BCUT2D eigenvalue weighted by molar-refractivity contribution is 7.89. The fraction of sp³-hybridized carbons (Fsp3) is 0.438. The molecule has 1 aliphatic rings. The third kappa shape index (κ3) is 3.01. The lowest BCUT2D eigenvalue weighted by molar-refractivity contribution is 0.115. The molecule has 14 heteroatoms. The van der Waals surface area contributed by atoms with Crippen LogP contribution in [0.25, 0.3) is 17.0 Å². The number of alkyl halides is 3. The highest BCUT2D eigenvalue weighted by atomic mass is 32.2. The number of fused-ring (bicyclic) bond motifs is 1. The summed E-state index contributed by atoms with van der Waals surface area (Å²) in [5.74, 6) is -2.30. The molecule has 0 aliphatic heterocycles. The van der Waals surface area contributed by atoms with Gasteiger partial charge in [-0.15, -0.1) is 5.10 Å². The Morgan fingerprint density at radius 1 is 1.27 bits per heavy atom. The summed E-state index contributed by atoms with van der Waals surface area (Å²) in [6, 6.07) is 0.105. The second kappa shape index (κ2) is 6.63. The molecule has 1 aromatic carbocycles. The van der Waals surface area contributed by atoms with Gasteiger partial charge in [-0.25, -0.2) is 27.3 Å². The largest absolute Gasteiger partial charge is 0.401 e. The third-order valence-corrected chi connectivity index (χ3v) is 6.40. The Hall–Kier alpha value is -2.74. The molecule has 30 heavy (non-hydrogen) atoms. The van der Waals surface area contributed by atoms with E-state index < -0.39 is 62.9 Å². The van der Waals surface area contributed by atoms with Gasteiger partial charge >= 0.3 is 18.1 Å². The van der Waals surface area contributed by atoms with E-state index in [0.717, 1.165) is 16.7 Å². The molecule has 1 saturated carbocycles. The minimum absolute atomic E-state index is 0.103. The maximum absolute atomic E-state index is 14.5. The van der Waals surface area contributed by atoms with E-state index >= 15 is 0 Å². The van der Waals surface area contributed by atoms with Gasteiger partial charge in [0.05, 0.1) is 17.7 Å². The monoisotopic (exact) mass is 449 g/mol. The van der Waals surface area contributed by atoms with Crippen molar-refractivity contribution in [3.63, 3.8) is 0 Å². The quantitative estimate of drug-likeness (QED) is 0.575. The number of imidazole rings is 1. The second-order valence-electron chi connectivity index (χ2n) is 7.20. The van der Waals surface area contributed by atoms with Gasteiger partial charge in [-0.3, -0.25) is 8.96 Å². The number of rotatable bonds is 6. The van der Waals surface area contributed by atoms with Crippen LogP contribution in [0.5, 0.6) is 0 Å². The molecule has 9 nitrogen and oxygen atoms in total. The van der Waals surface area contributed by atoms with Gasteiger partial charge in [0, 0.05) is 17.5 Å². The molecule has 0 amide bonds. The smallest absolute Gasteiger partial charge is 0.337 e. The molecule has 1 fully saturated rings. The lowest BCUT2D eigenvalue weighted by Gasteiger charge is -2.21. The minimum atomic E-state index is -4.52. The van der Waals surface area contributed by atoms with Crippen LogP contribution >= 0.6 is 0 Å². The van der Waals surface area contributed by atoms with E-state index in [2.05, 4.69) is 10.2 Å². The molecule has 2 heterocycles. The Balaban J connectivity index is 2.06. The topological polar surface area (TPSA) is 126 Å². The summed E-state index contributed by atoms with van der Waals surface area (Å²) in [6.07, 6.45) is -2.15. The summed E-state index contributed by atoms with van der Waals surface area (Å²) in [7, 11) is -4.52. The first-order chi connectivity index (χ1) is 14.0. The molecule has 2 aromatic heterocycles. The van der Waals surface area contributed by atoms with Crippen LogP contribution in [0.15, 0.2) is 26.2 Å². The van der Waals surface area contributed by atoms with Crippen molar-refractivity contribution in [2.24, 2.45) is 10.6 Å². The highest BCUT2D eigenvalue weighted by Crippen LogP contribution is 2.54. The Labute approximate surface area is 166 Å². The van der Waals surface area contributed by atoms with Crippen LogP contribution < -0.4 is 10.8 Å². The van der Waals surface area contributed by atoms with Crippen LogP contribution in [0, 0.1) is 11.2 Å². The number of hydrogen-bond acceptors (Lipinski definition) is 6. The van der Waals surface area contributed by atoms with Crippen molar-refractivity contribution >= 4 is 21.1 Å². The Kier molecular flexibility index (Phi) is 4.54. The van der Waals surface area contributed by atoms with Gasteiger partial charge < -0.3 is 4.42 Å². The van der Waals surface area contributed by atoms with E-state index in [0.29, 0.717) is 17.4 Å². The number of primary sulfonamides is 1. The zero-order chi connectivity index (χ0) is 22.0. The molecule has 0 radical (unpaired) electrons. The van der Waals surface area contributed by atoms with Crippen molar-refractivity contribution in [3.8, 4) is 6.01 Å². The first-order valence-electron chi connectivity index (χ1n) is 8.67. The number of sulfonamides is 1. The van der Waals surface area contributed by atoms with Gasteiger partial charge in [0.1, 0.15) is 10.7 Å². The molecular weight excluding hydrogens is 434 g/mol. The predicted octanol–water partition coefficient (Wildman–Crippen LogP) is 2.21. The summed E-state index contributed by atoms with van der Waals surface area (Å²) in [6.45, 7) is 0.822. The normalized spacial score (nSPS) is 17.0. The molecule has 4 rings (SSSR count). The summed E-state index contributed by atoms with van der Waals surface area (Å²) in [5.41, 5.74) is -2.08. The van der Waals surface area contributed by atoms with Crippen molar-refractivity contribution in [3.05, 3.63) is 34.3 Å². The lowest BCUT2D eigenvalue weighted by atomic mass is 9.99. The van der Waals surface area contributed by atoms with Crippen LogP contribution in [-0.4, -0.2) is 34.4 Å². The van der Waals surface area contributed by atoms with Gasteiger partial charge in [-0.05, 0) is 25.8 Å². The average Bonchev–Trinajstić information content (AvgIpc) is 3.22. The fourth-order valence-electron chi connectivity index (χ4n) is 3.50. The van der Waals surface area contributed by atoms with Crippen molar-refractivity contribution in [1.82, 2.24) is 19.3 Å². The van der Waals surface area contributed by atoms with E-state index in [9.17, 15) is 30.8 Å². The summed E-state index contributed by atoms with van der Waals surface area (Å²) in [5, 5.41) is 11.6. The van der Waals surface area contributed by atoms with Crippen molar-refractivity contribution in [1.29, 1.82) is 0 Å². The van der Waals surface area contributed by atoms with E-state index in [1.54, 1.807) is 6.92 Å². The molecule has 1 atom stereocenters. The molecule has 1 unspecified atom stereocenters. The molecule has 1 aliphatic carbocycles. The highest BCUT2D eigenvalue weighted by Gasteiger charge is 2.49. The summed E-state index contributed by atoms with van der Waals surface area (Å²) >= 11 is 0. The number of aromatic nitrogens is 4. The van der Waals surface area contributed by atoms with Crippen LogP contribution in [-0.2, 0) is 10.0 Å². The zero-order valence-electron chi connectivity index (χ0n) is 15.4. The first kappa shape index (κ1) is 20.5. The van der Waals surface area contributed by atoms with Crippen LogP contribution in [0.4, 0.5) is 17.6 Å². The number of nitrogens with zero attached hydrogens (tertiary/aromatic N) is 4. The fourth-order valence-corrected chi connectivity index (χ4v) is 4.10.